The van der Waals surface area contributed by atoms with Gasteiger partial charge in [0.15, 0.2) is 0 Å². The summed E-state index contributed by atoms with van der Waals surface area (Å²) in [4.78, 5) is 0.905. The lowest BCUT2D eigenvalue weighted by molar-refractivity contribution is 0.599. The summed E-state index contributed by atoms with van der Waals surface area (Å²) in [5.74, 6) is 0.122. The Labute approximate surface area is 139 Å². The lowest BCUT2D eigenvalue weighted by Crippen LogP contribution is -2.25. The van der Waals surface area contributed by atoms with E-state index in [-0.39, 0.29) is 9.96 Å². The van der Waals surface area contributed by atoms with Crippen molar-refractivity contribution in [1.82, 2.24) is 0 Å². The Kier molecular flexibility index (Phi) is 4.11. The van der Waals surface area contributed by atoms with Gasteiger partial charge < -0.3 is 0 Å². The SMILES string of the molecule is Cc1ccc(S(=O)(=O)Nc2cccc(N3CCCS3(=O)=O)c2)s1. The molecule has 9 heteroatoms. The minimum atomic E-state index is -3.66. The molecule has 0 unspecified atom stereocenters. The first kappa shape index (κ1) is 16.3. The monoisotopic (exact) mass is 372 g/mol. The topological polar surface area (TPSA) is 83.6 Å². The van der Waals surface area contributed by atoms with Crippen molar-refractivity contribution >= 4 is 42.8 Å². The van der Waals surface area contributed by atoms with Gasteiger partial charge in [-0.1, -0.05) is 6.07 Å². The largest absolute Gasteiger partial charge is 0.279 e. The molecule has 0 saturated carbocycles. The molecule has 2 aromatic rings. The predicted octanol–water partition coefficient (Wildman–Crippen LogP) is 2.40. The highest BCUT2D eigenvalue weighted by Crippen LogP contribution is 2.28. The fraction of sp³-hybridized carbons (Fsp3) is 0.286. The molecule has 1 saturated heterocycles. The van der Waals surface area contributed by atoms with E-state index in [0.717, 1.165) is 4.88 Å². The molecular formula is C14H16N2O4S3. The Morgan fingerprint density at radius 2 is 2.00 bits per heavy atom. The van der Waals surface area contributed by atoms with Crippen molar-refractivity contribution in [2.45, 2.75) is 17.6 Å². The molecule has 23 heavy (non-hydrogen) atoms. The first-order valence-electron chi connectivity index (χ1n) is 6.98. The van der Waals surface area contributed by atoms with E-state index in [1.54, 1.807) is 36.4 Å². The number of benzene rings is 1. The van der Waals surface area contributed by atoms with Crippen LogP contribution in [0.15, 0.2) is 40.6 Å². The maximum atomic E-state index is 12.3. The van der Waals surface area contributed by atoms with E-state index in [1.165, 1.54) is 15.6 Å². The van der Waals surface area contributed by atoms with Crippen molar-refractivity contribution < 1.29 is 16.8 Å². The van der Waals surface area contributed by atoms with Gasteiger partial charge in [-0.15, -0.1) is 11.3 Å². The lowest BCUT2D eigenvalue weighted by atomic mass is 10.3. The quantitative estimate of drug-likeness (QED) is 0.893. The minimum absolute atomic E-state index is 0.122. The predicted molar refractivity (Wildman–Crippen MR) is 92.1 cm³/mol. The van der Waals surface area contributed by atoms with E-state index in [4.69, 9.17) is 0 Å². The van der Waals surface area contributed by atoms with E-state index >= 15 is 0 Å². The fourth-order valence-corrected chi connectivity index (χ4v) is 6.31. The highest BCUT2D eigenvalue weighted by atomic mass is 32.2. The Morgan fingerprint density at radius 3 is 2.61 bits per heavy atom. The van der Waals surface area contributed by atoms with Crippen molar-refractivity contribution in [2.75, 3.05) is 21.3 Å². The second-order valence-electron chi connectivity index (χ2n) is 5.26. The first-order chi connectivity index (χ1) is 10.8. The van der Waals surface area contributed by atoms with Crippen LogP contribution >= 0.6 is 11.3 Å². The second-order valence-corrected chi connectivity index (χ2v) is 10.5. The van der Waals surface area contributed by atoms with Crippen LogP contribution in [-0.4, -0.2) is 29.1 Å². The third-order valence-electron chi connectivity index (χ3n) is 3.47. The Hall–Kier alpha value is -1.58. The van der Waals surface area contributed by atoms with E-state index in [0.29, 0.717) is 24.3 Å². The average molecular weight is 372 g/mol. The number of anilines is 2. The number of hydrogen-bond acceptors (Lipinski definition) is 5. The fourth-order valence-electron chi connectivity index (χ4n) is 2.42. The Bertz CT molecular complexity index is 932. The standard InChI is InChI=1S/C14H16N2O4S3/c1-11-6-7-14(21-11)23(19,20)15-12-4-2-5-13(10-12)16-8-3-9-22(16,17)18/h2,4-7,10,15H,3,8-9H2,1H3. The number of hydrogen-bond donors (Lipinski definition) is 1. The summed E-state index contributed by atoms with van der Waals surface area (Å²) < 4.78 is 52.7. The summed E-state index contributed by atoms with van der Waals surface area (Å²) in [5.41, 5.74) is 0.820. The zero-order valence-electron chi connectivity index (χ0n) is 12.4. The molecule has 1 fully saturated rings. The number of nitrogens with one attached hydrogen (secondary N) is 1. The molecule has 1 N–H and O–H groups in total. The zero-order chi connectivity index (χ0) is 16.7. The summed E-state index contributed by atoms with van der Waals surface area (Å²) in [5, 5.41) is 0. The van der Waals surface area contributed by atoms with Gasteiger partial charge in [0.1, 0.15) is 4.21 Å². The van der Waals surface area contributed by atoms with E-state index in [1.807, 2.05) is 6.92 Å². The summed E-state index contributed by atoms with van der Waals surface area (Å²) in [6, 6.07) is 9.74. The van der Waals surface area contributed by atoms with Gasteiger partial charge in [-0.2, -0.15) is 0 Å². The van der Waals surface area contributed by atoms with Gasteiger partial charge in [-0.25, -0.2) is 16.8 Å². The highest BCUT2D eigenvalue weighted by Gasteiger charge is 2.28. The molecule has 1 aromatic carbocycles. The van der Waals surface area contributed by atoms with Crippen LogP contribution in [-0.2, 0) is 20.0 Å². The summed E-state index contributed by atoms with van der Waals surface area (Å²) in [6.45, 7) is 2.26. The lowest BCUT2D eigenvalue weighted by Gasteiger charge is -2.17. The Balaban J connectivity index is 1.89. The number of nitrogens with zero attached hydrogens (tertiary/aromatic N) is 1. The molecule has 0 radical (unpaired) electrons. The zero-order valence-corrected chi connectivity index (χ0v) is 14.8. The van der Waals surface area contributed by atoms with Crippen molar-refractivity contribution in [3.05, 3.63) is 41.3 Å². The van der Waals surface area contributed by atoms with Crippen LogP contribution in [0.25, 0.3) is 0 Å². The molecule has 0 aliphatic carbocycles. The highest BCUT2D eigenvalue weighted by molar-refractivity contribution is 7.94. The van der Waals surface area contributed by atoms with Crippen molar-refractivity contribution in [3.63, 3.8) is 0 Å². The molecule has 0 spiro atoms. The molecule has 0 bridgehead atoms. The van der Waals surface area contributed by atoms with Crippen molar-refractivity contribution in [1.29, 1.82) is 0 Å². The molecule has 0 atom stereocenters. The van der Waals surface area contributed by atoms with Crippen LogP contribution in [0.2, 0.25) is 0 Å². The van der Waals surface area contributed by atoms with Crippen LogP contribution < -0.4 is 9.03 Å². The molecule has 124 valence electrons. The van der Waals surface area contributed by atoms with Crippen molar-refractivity contribution in [3.8, 4) is 0 Å². The van der Waals surface area contributed by atoms with Gasteiger partial charge in [-0.05, 0) is 43.7 Å². The number of aryl methyl sites for hydroxylation is 1. The maximum absolute atomic E-state index is 12.3. The van der Waals surface area contributed by atoms with E-state index < -0.39 is 20.0 Å². The van der Waals surface area contributed by atoms with Crippen LogP contribution in [0, 0.1) is 6.92 Å². The molecule has 6 nitrogen and oxygen atoms in total. The van der Waals surface area contributed by atoms with Crippen LogP contribution in [0.4, 0.5) is 11.4 Å². The van der Waals surface area contributed by atoms with E-state index in [9.17, 15) is 16.8 Å². The number of thiophene rings is 1. The van der Waals surface area contributed by atoms with Crippen molar-refractivity contribution in [2.24, 2.45) is 0 Å². The third-order valence-corrected chi connectivity index (χ3v) is 8.21. The van der Waals surface area contributed by atoms with Gasteiger partial charge >= 0.3 is 0 Å². The van der Waals surface area contributed by atoms with Gasteiger partial charge in [-0.3, -0.25) is 9.03 Å². The average Bonchev–Trinajstić information content (AvgIpc) is 3.04. The maximum Gasteiger partial charge on any atom is 0.271 e. The summed E-state index contributed by atoms with van der Waals surface area (Å²) >= 11 is 1.19. The molecule has 1 aliphatic rings. The second kappa shape index (κ2) is 5.81. The van der Waals surface area contributed by atoms with Gasteiger partial charge in [0.25, 0.3) is 10.0 Å². The van der Waals surface area contributed by atoms with Gasteiger partial charge in [0.05, 0.1) is 17.1 Å². The smallest absolute Gasteiger partial charge is 0.271 e. The van der Waals surface area contributed by atoms with E-state index in [2.05, 4.69) is 4.72 Å². The minimum Gasteiger partial charge on any atom is -0.279 e. The normalized spacial score (nSPS) is 17.3. The summed E-state index contributed by atoms with van der Waals surface area (Å²) in [6.07, 6.45) is 0.576. The third kappa shape index (κ3) is 3.36. The Morgan fingerprint density at radius 1 is 1.22 bits per heavy atom. The molecular weight excluding hydrogens is 356 g/mol. The molecule has 1 aliphatic heterocycles. The molecule has 0 amide bonds. The number of rotatable bonds is 4. The first-order valence-corrected chi connectivity index (χ1v) is 10.9. The molecule has 2 heterocycles. The molecule has 1 aromatic heterocycles. The van der Waals surface area contributed by atoms with Gasteiger partial charge in [0.2, 0.25) is 10.0 Å². The summed E-state index contributed by atoms with van der Waals surface area (Å²) in [7, 11) is -6.95. The van der Waals surface area contributed by atoms with Crippen LogP contribution in [0.5, 0.6) is 0 Å². The van der Waals surface area contributed by atoms with Crippen LogP contribution in [0.1, 0.15) is 11.3 Å². The molecule has 3 rings (SSSR count). The number of sulfonamides is 2. The van der Waals surface area contributed by atoms with Crippen LogP contribution in [0.3, 0.4) is 0 Å². The van der Waals surface area contributed by atoms with Gasteiger partial charge in [0, 0.05) is 11.4 Å².